The van der Waals surface area contributed by atoms with Gasteiger partial charge in [-0.05, 0) is 37.3 Å². The summed E-state index contributed by atoms with van der Waals surface area (Å²) in [5.41, 5.74) is 8.19. The van der Waals surface area contributed by atoms with Crippen molar-refractivity contribution in [2.45, 2.75) is 32.1 Å². The molecule has 0 unspecified atom stereocenters. The van der Waals surface area contributed by atoms with Crippen molar-refractivity contribution in [3.63, 3.8) is 0 Å². The second-order valence-corrected chi connectivity index (χ2v) is 5.85. The van der Waals surface area contributed by atoms with Crippen molar-refractivity contribution in [1.82, 2.24) is 5.32 Å². The van der Waals surface area contributed by atoms with Gasteiger partial charge in [0.2, 0.25) is 6.41 Å². The molecule has 1 aromatic carbocycles. The number of nitrogens with zero attached hydrogens (tertiary/aromatic N) is 1. The van der Waals surface area contributed by atoms with E-state index in [9.17, 15) is 4.79 Å². The zero-order valence-electron chi connectivity index (χ0n) is 15.4. The predicted molar refractivity (Wildman–Crippen MR) is 101 cm³/mol. The average molecular weight is 361 g/mol. The smallest absolute Gasteiger partial charge is 0.212 e. The van der Waals surface area contributed by atoms with Crippen LogP contribution in [-0.4, -0.2) is 39.2 Å². The van der Waals surface area contributed by atoms with E-state index < -0.39 is 0 Å². The molecule has 2 heterocycles. The normalized spacial score (nSPS) is 16.3. The summed E-state index contributed by atoms with van der Waals surface area (Å²) < 4.78 is 15.5. The van der Waals surface area contributed by atoms with Gasteiger partial charge in [0.1, 0.15) is 11.6 Å². The molecule has 2 aliphatic rings. The van der Waals surface area contributed by atoms with E-state index in [2.05, 4.69) is 21.1 Å². The Morgan fingerprint density at radius 3 is 2.73 bits per heavy atom. The summed E-state index contributed by atoms with van der Waals surface area (Å²) in [6.07, 6.45) is 6.15. The van der Waals surface area contributed by atoms with Gasteiger partial charge < -0.3 is 25.3 Å². The van der Waals surface area contributed by atoms with Gasteiger partial charge in [0, 0.05) is 31.4 Å². The van der Waals surface area contributed by atoms with Gasteiger partial charge in [-0.1, -0.05) is 6.07 Å². The second-order valence-electron chi connectivity index (χ2n) is 5.85. The number of nitrogens with one attached hydrogen (secondary N) is 1. The summed E-state index contributed by atoms with van der Waals surface area (Å²) in [4.78, 5) is 15.2. The van der Waals surface area contributed by atoms with E-state index in [1.807, 2.05) is 13.0 Å². The Kier molecular flexibility index (Phi) is 7.95. The summed E-state index contributed by atoms with van der Waals surface area (Å²) >= 11 is 0. The number of rotatable bonds is 5. The molecule has 7 heteroatoms. The number of fused-ring (bicyclic) bond motifs is 1. The lowest BCUT2D eigenvalue weighted by molar-refractivity contribution is -0.108. The summed E-state index contributed by atoms with van der Waals surface area (Å²) in [5.74, 6) is 2.00. The molecule has 3 rings (SSSR count). The molecule has 0 radical (unpaired) electrons. The Morgan fingerprint density at radius 1 is 1.38 bits per heavy atom. The SMILES string of the molecule is CCO/C=C\N.COc1ccc(C2CCOCC2)c2c1CC(NC=O)=N2. The lowest BCUT2D eigenvalue weighted by Gasteiger charge is -2.24. The van der Waals surface area contributed by atoms with Crippen molar-refractivity contribution in [1.29, 1.82) is 0 Å². The van der Waals surface area contributed by atoms with Crippen LogP contribution in [0.5, 0.6) is 5.75 Å². The van der Waals surface area contributed by atoms with E-state index in [4.69, 9.17) is 15.2 Å². The fourth-order valence-electron chi connectivity index (χ4n) is 3.11. The number of aliphatic imine (C=N–C) groups is 1. The number of methoxy groups -OCH3 is 1. The van der Waals surface area contributed by atoms with Crippen LogP contribution in [0.25, 0.3) is 0 Å². The summed E-state index contributed by atoms with van der Waals surface area (Å²) in [5, 5.41) is 2.66. The van der Waals surface area contributed by atoms with Crippen LogP contribution in [-0.2, 0) is 20.7 Å². The van der Waals surface area contributed by atoms with E-state index in [0.29, 0.717) is 31.2 Å². The first-order chi connectivity index (χ1) is 12.7. The molecule has 0 aromatic heterocycles. The minimum atomic E-state index is 0.475. The Morgan fingerprint density at radius 2 is 2.15 bits per heavy atom. The fourth-order valence-corrected chi connectivity index (χ4v) is 3.11. The van der Waals surface area contributed by atoms with Gasteiger partial charge in [-0.3, -0.25) is 4.79 Å². The molecule has 0 atom stereocenters. The van der Waals surface area contributed by atoms with Crippen molar-refractivity contribution >= 4 is 17.9 Å². The molecule has 1 aromatic rings. The Bertz CT molecular complexity index is 652. The van der Waals surface area contributed by atoms with Crippen LogP contribution < -0.4 is 15.8 Å². The molecule has 1 saturated heterocycles. The Hall–Kier alpha value is -2.54. The quantitative estimate of drug-likeness (QED) is 0.620. The number of amides is 1. The van der Waals surface area contributed by atoms with Crippen LogP contribution in [0.2, 0.25) is 0 Å². The number of hydrogen-bond donors (Lipinski definition) is 2. The van der Waals surface area contributed by atoms with Gasteiger partial charge in [0.05, 0.1) is 25.7 Å². The maximum absolute atomic E-state index is 10.6. The van der Waals surface area contributed by atoms with E-state index in [-0.39, 0.29) is 0 Å². The van der Waals surface area contributed by atoms with Crippen molar-refractivity contribution in [2.24, 2.45) is 10.7 Å². The second kappa shape index (κ2) is 10.5. The van der Waals surface area contributed by atoms with Crippen molar-refractivity contribution in [3.8, 4) is 5.75 Å². The zero-order chi connectivity index (χ0) is 18.8. The highest BCUT2D eigenvalue weighted by atomic mass is 16.5. The van der Waals surface area contributed by atoms with Gasteiger partial charge in [0.25, 0.3) is 0 Å². The summed E-state index contributed by atoms with van der Waals surface area (Å²) in [6, 6.07) is 4.10. The minimum Gasteiger partial charge on any atom is -0.500 e. The molecule has 0 spiro atoms. The number of carbonyl (C=O) groups is 1. The number of hydrogen-bond acceptors (Lipinski definition) is 6. The number of benzene rings is 1. The number of nitrogens with two attached hydrogens (primary N) is 1. The molecule has 26 heavy (non-hydrogen) atoms. The average Bonchev–Trinajstić information content (AvgIpc) is 3.10. The standard InChI is InChI=1S/C15H18N2O3.C4H9NO/c1-19-13-3-2-11(10-4-6-20-7-5-10)15-12(13)8-14(17-15)16-9-18;1-2-6-4-3-5/h2-3,9-10H,4-8H2,1H3,(H,16,17,18);3-4H,2,5H2,1H3/b;4-3-. The molecule has 0 aliphatic carbocycles. The third kappa shape index (κ3) is 4.98. The van der Waals surface area contributed by atoms with Gasteiger partial charge in [0.15, 0.2) is 0 Å². The van der Waals surface area contributed by atoms with Crippen molar-refractivity contribution in [2.75, 3.05) is 26.9 Å². The Labute approximate surface area is 154 Å². The van der Waals surface area contributed by atoms with Gasteiger partial charge in [-0.2, -0.15) is 0 Å². The molecule has 7 nitrogen and oxygen atoms in total. The van der Waals surface area contributed by atoms with E-state index in [0.717, 1.165) is 43.1 Å². The first-order valence-electron chi connectivity index (χ1n) is 8.78. The van der Waals surface area contributed by atoms with Crippen LogP contribution in [0.1, 0.15) is 36.8 Å². The van der Waals surface area contributed by atoms with E-state index in [1.54, 1.807) is 7.11 Å². The molecule has 0 saturated carbocycles. The largest absolute Gasteiger partial charge is 0.500 e. The predicted octanol–water partition coefficient (Wildman–Crippen LogP) is 2.37. The van der Waals surface area contributed by atoms with Crippen molar-refractivity contribution in [3.05, 3.63) is 35.7 Å². The third-order valence-corrected chi connectivity index (χ3v) is 4.31. The topological polar surface area (TPSA) is 95.2 Å². The zero-order valence-corrected chi connectivity index (χ0v) is 15.4. The first-order valence-corrected chi connectivity index (χ1v) is 8.78. The Balaban J connectivity index is 0.000000352. The maximum atomic E-state index is 10.6. The van der Waals surface area contributed by atoms with Crippen LogP contribution in [0, 0.1) is 0 Å². The van der Waals surface area contributed by atoms with Gasteiger partial charge >= 0.3 is 0 Å². The maximum Gasteiger partial charge on any atom is 0.212 e. The van der Waals surface area contributed by atoms with Crippen LogP contribution >= 0.6 is 0 Å². The molecule has 1 fully saturated rings. The van der Waals surface area contributed by atoms with E-state index >= 15 is 0 Å². The molecule has 3 N–H and O–H groups in total. The molecule has 0 bridgehead atoms. The summed E-state index contributed by atoms with van der Waals surface area (Å²) in [6.45, 7) is 4.19. The molecule has 142 valence electrons. The molecule has 1 amide bonds. The molecule has 2 aliphatic heterocycles. The van der Waals surface area contributed by atoms with Gasteiger partial charge in [-0.15, -0.1) is 0 Å². The first kappa shape index (κ1) is 19.8. The minimum absolute atomic E-state index is 0.475. The van der Waals surface area contributed by atoms with Gasteiger partial charge in [-0.25, -0.2) is 4.99 Å². The van der Waals surface area contributed by atoms with Crippen molar-refractivity contribution < 1.29 is 19.0 Å². The summed E-state index contributed by atoms with van der Waals surface area (Å²) in [7, 11) is 1.66. The highest BCUT2D eigenvalue weighted by Crippen LogP contribution is 2.42. The van der Waals surface area contributed by atoms with Crippen LogP contribution in [0.15, 0.2) is 29.6 Å². The lowest BCUT2D eigenvalue weighted by Crippen LogP contribution is -2.21. The number of ether oxygens (including phenoxy) is 3. The van der Waals surface area contributed by atoms with Crippen LogP contribution in [0.4, 0.5) is 5.69 Å². The monoisotopic (exact) mass is 361 g/mol. The van der Waals surface area contributed by atoms with Crippen LogP contribution in [0.3, 0.4) is 0 Å². The highest BCUT2D eigenvalue weighted by molar-refractivity contribution is 5.99. The van der Waals surface area contributed by atoms with E-state index in [1.165, 1.54) is 18.0 Å². The molecular weight excluding hydrogens is 334 g/mol. The number of amidine groups is 1. The lowest BCUT2D eigenvalue weighted by atomic mass is 9.89. The fraction of sp³-hybridized carbons (Fsp3) is 0.474. The molecular formula is C19H27N3O4. The number of carbonyl (C=O) groups excluding carboxylic acids is 1. The third-order valence-electron chi connectivity index (χ3n) is 4.31. The highest BCUT2D eigenvalue weighted by Gasteiger charge is 2.26.